The minimum Gasteiger partial charge on any atom is -0.316 e. The molecule has 2 rings (SSSR count). The Labute approximate surface area is 95.3 Å². The quantitative estimate of drug-likeness (QED) is 0.713. The summed E-state index contributed by atoms with van der Waals surface area (Å²) in [5.74, 6) is 1.68. The van der Waals surface area contributed by atoms with E-state index in [0.717, 1.165) is 31.3 Å². The summed E-state index contributed by atoms with van der Waals surface area (Å²) < 4.78 is 0. The molecule has 0 saturated carbocycles. The molecule has 1 saturated heterocycles. The Balaban J connectivity index is 1.54. The molecule has 2 N–H and O–H groups in total. The normalized spacial score (nSPS) is 18.7. The van der Waals surface area contributed by atoms with Crippen LogP contribution in [-0.2, 0) is 6.42 Å². The number of nitrogens with zero attached hydrogens (tertiary/aromatic N) is 1. The summed E-state index contributed by atoms with van der Waals surface area (Å²) in [5, 5.41) is 8.95. The molecule has 4 heteroatoms. The molecule has 1 aliphatic heterocycles. The van der Waals surface area contributed by atoms with Gasteiger partial charge in [-0.2, -0.15) is 0 Å². The number of thiazole rings is 1. The van der Waals surface area contributed by atoms with Crippen LogP contribution >= 0.6 is 11.3 Å². The third-order valence-electron chi connectivity index (χ3n) is 3.13. The van der Waals surface area contributed by atoms with Crippen molar-refractivity contribution in [3.05, 3.63) is 16.6 Å². The predicted molar refractivity (Wildman–Crippen MR) is 64.2 cm³/mol. The van der Waals surface area contributed by atoms with E-state index in [9.17, 15) is 0 Å². The first kappa shape index (κ1) is 11.0. The molecule has 0 radical (unpaired) electrons. The minimum atomic E-state index is 0.793. The predicted octanol–water partition coefficient (Wildman–Crippen LogP) is 1.13. The van der Waals surface area contributed by atoms with Crippen molar-refractivity contribution in [3.8, 4) is 0 Å². The van der Waals surface area contributed by atoms with Crippen molar-refractivity contribution >= 4 is 11.3 Å². The fourth-order valence-electron chi connectivity index (χ4n) is 1.79. The minimum absolute atomic E-state index is 0.793. The van der Waals surface area contributed by atoms with E-state index in [-0.39, 0.29) is 0 Å². The molecular formula is C11H19N3S. The van der Waals surface area contributed by atoms with Crippen LogP contribution in [0.15, 0.2) is 10.9 Å². The van der Waals surface area contributed by atoms with Crippen LogP contribution in [0.3, 0.4) is 0 Å². The van der Waals surface area contributed by atoms with E-state index in [4.69, 9.17) is 0 Å². The molecule has 1 fully saturated rings. The molecule has 1 aromatic rings. The van der Waals surface area contributed by atoms with Gasteiger partial charge in [0.05, 0.1) is 11.2 Å². The number of hydrogen-bond donors (Lipinski definition) is 2. The van der Waals surface area contributed by atoms with Crippen molar-refractivity contribution in [1.29, 1.82) is 0 Å². The van der Waals surface area contributed by atoms with Gasteiger partial charge in [-0.25, -0.2) is 4.98 Å². The second-order valence-corrected chi connectivity index (χ2v) is 5.05. The summed E-state index contributed by atoms with van der Waals surface area (Å²) in [5.41, 5.74) is 3.11. The van der Waals surface area contributed by atoms with Crippen LogP contribution < -0.4 is 10.6 Å². The fourth-order valence-corrected chi connectivity index (χ4v) is 2.38. The van der Waals surface area contributed by atoms with Gasteiger partial charge in [0.25, 0.3) is 0 Å². The second kappa shape index (κ2) is 5.58. The average Bonchev–Trinajstić information content (AvgIpc) is 2.62. The van der Waals surface area contributed by atoms with Crippen molar-refractivity contribution in [1.82, 2.24) is 15.6 Å². The molecule has 84 valence electrons. The Hall–Kier alpha value is -0.450. The topological polar surface area (TPSA) is 37.0 Å². The number of hydrogen-bond acceptors (Lipinski definition) is 4. The molecule has 3 nitrogen and oxygen atoms in total. The molecule has 0 bridgehead atoms. The standard InChI is InChI=1S/C11H19N3S/c1-9(10-5-13-6-10)4-12-3-2-11-7-15-8-14-11/h7-10,12-13H,2-6H2,1H3. The van der Waals surface area contributed by atoms with Gasteiger partial charge in [-0.3, -0.25) is 0 Å². The lowest BCUT2D eigenvalue weighted by Gasteiger charge is -2.32. The third kappa shape index (κ3) is 3.26. The Morgan fingerprint density at radius 2 is 2.53 bits per heavy atom. The van der Waals surface area contributed by atoms with E-state index in [1.165, 1.54) is 18.8 Å². The zero-order chi connectivity index (χ0) is 10.5. The van der Waals surface area contributed by atoms with Crippen molar-refractivity contribution in [3.63, 3.8) is 0 Å². The molecule has 0 aromatic carbocycles. The smallest absolute Gasteiger partial charge is 0.0794 e. The highest BCUT2D eigenvalue weighted by Crippen LogP contribution is 2.14. The van der Waals surface area contributed by atoms with Crippen LogP contribution in [0, 0.1) is 11.8 Å². The highest BCUT2D eigenvalue weighted by Gasteiger charge is 2.22. The van der Waals surface area contributed by atoms with Gasteiger partial charge in [-0.15, -0.1) is 11.3 Å². The first-order chi connectivity index (χ1) is 7.36. The fraction of sp³-hybridized carbons (Fsp3) is 0.727. The molecule has 0 aliphatic carbocycles. The monoisotopic (exact) mass is 225 g/mol. The van der Waals surface area contributed by atoms with Crippen molar-refractivity contribution in [2.45, 2.75) is 13.3 Å². The van der Waals surface area contributed by atoms with Crippen LogP contribution in [0.2, 0.25) is 0 Å². The van der Waals surface area contributed by atoms with E-state index in [1.807, 2.05) is 5.51 Å². The van der Waals surface area contributed by atoms with Crippen molar-refractivity contribution in [2.24, 2.45) is 11.8 Å². The maximum absolute atomic E-state index is 4.26. The van der Waals surface area contributed by atoms with Crippen LogP contribution in [0.5, 0.6) is 0 Å². The van der Waals surface area contributed by atoms with E-state index in [0.29, 0.717) is 0 Å². The molecular weight excluding hydrogens is 206 g/mol. The summed E-state index contributed by atoms with van der Waals surface area (Å²) in [6.45, 7) is 6.93. The van der Waals surface area contributed by atoms with E-state index in [1.54, 1.807) is 11.3 Å². The van der Waals surface area contributed by atoms with Gasteiger partial charge in [0, 0.05) is 18.3 Å². The van der Waals surface area contributed by atoms with Crippen LogP contribution in [0.1, 0.15) is 12.6 Å². The van der Waals surface area contributed by atoms with Crippen LogP contribution in [0.4, 0.5) is 0 Å². The largest absolute Gasteiger partial charge is 0.316 e. The molecule has 0 amide bonds. The molecule has 1 unspecified atom stereocenters. The number of nitrogens with one attached hydrogen (secondary N) is 2. The molecule has 15 heavy (non-hydrogen) atoms. The summed E-state index contributed by atoms with van der Waals surface area (Å²) >= 11 is 1.67. The first-order valence-corrected chi connectivity index (χ1v) is 6.59. The highest BCUT2D eigenvalue weighted by atomic mass is 32.1. The average molecular weight is 225 g/mol. The second-order valence-electron chi connectivity index (χ2n) is 4.33. The summed E-state index contributed by atoms with van der Waals surface area (Å²) in [6.07, 6.45) is 1.05. The lowest BCUT2D eigenvalue weighted by Crippen LogP contribution is -2.47. The van der Waals surface area contributed by atoms with E-state index in [2.05, 4.69) is 27.9 Å². The summed E-state index contributed by atoms with van der Waals surface area (Å²) in [7, 11) is 0. The molecule has 0 spiro atoms. The maximum Gasteiger partial charge on any atom is 0.0794 e. The maximum atomic E-state index is 4.26. The van der Waals surface area contributed by atoms with Crippen LogP contribution in [-0.4, -0.2) is 31.2 Å². The van der Waals surface area contributed by atoms with E-state index < -0.39 is 0 Å². The van der Waals surface area contributed by atoms with Gasteiger partial charge < -0.3 is 10.6 Å². The molecule has 1 aromatic heterocycles. The summed E-state index contributed by atoms with van der Waals surface area (Å²) in [4.78, 5) is 4.26. The Morgan fingerprint density at radius 1 is 1.67 bits per heavy atom. The van der Waals surface area contributed by atoms with Gasteiger partial charge in [0.1, 0.15) is 0 Å². The van der Waals surface area contributed by atoms with Gasteiger partial charge in [-0.05, 0) is 31.5 Å². The molecule has 2 heterocycles. The number of rotatable bonds is 6. The van der Waals surface area contributed by atoms with Crippen molar-refractivity contribution < 1.29 is 0 Å². The highest BCUT2D eigenvalue weighted by molar-refractivity contribution is 7.07. The zero-order valence-corrected chi connectivity index (χ0v) is 10.0. The van der Waals surface area contributed by atoms with Gasteiger partial charge >= 0.3 is 0 Å². The lowest BCUT2D eigenvalue weighted by atomic mass is 9.89. The third-order valence-corrected chi connectivity index (χ3v) is 3.76. The zero-order valence-electron chi connectivity index (χ0n) is 9.20. The lowest BCUT2D eigenvalue weighted by molar-refractivity contribution is 0.243. The first-order valence-electron chi connectivity index (χ1n) is 5.65. The summed E-state index contributed by atoms with van der Waals surface area (Å²) in [6, 6.07) is 0. The Bertz CT molecular complexity index is 269. The Morgan fingerprint density at radius 3 is 3.13 bits per heavy atom. The SMILES string of the molecule is CC(CNCCc1cscn1)C1CNC1. The van der Waals surface area contributed by atoms with Gasteiger partial charge in [0.15, 0.2) is 0 Å². The molecule has 1 atom stereocenters. The number of aromatic nitrogens is 1. The molecule has 1 aliphatic rings. The van der Waals surface area contributed by atoms with Gasteiger partial charge in [-0.1, -0.05) is 6.92 Å². The van der Waals surface area contributed by atoms with E-state index >= 15 is 0 Å². The Kier molecular flexibility index (Phi) is 4.11. The van der Waals surface area contributed by atoms with Gasteiger partial charge in [0.2, 0.25) is 0 Å². The van der Waals surface area contributed by atoms with Crippen LogP contribution in [0.25, 0.3) is 0 Å². The van der Waals surface area contributed by atoms with Crippen molar-refractivity contribution in [2.75, 3.05) is 26.2 Å².